The number of hydrogen-bond donors (Lipinski definition) is 5. The van der Waals surface area contributed by atoms with Crippen molar-refractivity contribution in [2.75, 3.05) is 11.9 Å². The van der Waals surface area contributed by atoms with Crippen molar-refractivity contribution in [2.45, 2.75) is 5.92 Å². The molecule has 0 bridgehead atoms. The molecule has 0 spiro atoms. The Kier molecular flexibility index (Phi) is 4.84. The number of aromatic carboxylic acids is 1. The summed E-state index contributed by atoms with van der Waals surface area (Å²) >= 11 is 0. The van der Waals surface area contributed by atoms with Gasteiger partial charge in [-0.05, 0) is 23.8 Å². The van der Waals surface area contributed by atoms with Crippen molar-refractivity contribution in [1.82, 2.24) is 15.2 Å². The van der Waals surface area contributed by atoms with Gasteiger partial charge in [-0.2, -0.15) is 5.10 Å². The number of carboxylic acids is 1. The molecular weight excluding hydrogens is 370 g/mol. The van der Waals surface area contributed by atoms with Crippen LogP contribution in [-0.4, -0.2) is 38.7 Å². The Labute approximate surface area is 165 Å². The third-order valence-corrected chi connectivity index (χ3v) is 4.89. The molecule has 8 nitrogen and oxygen atoms in total. The molecule has 4 aromatic rings. The fourth-order valence-electron chi connectivity index (χ4n) is 3.37. The van der Waals surface area contributed by atoms with Gasteiger partial charge in [-0.3, -0.25) is 9.89 Å². The van der Waals surface area contributed by atoms with Crippen molar-refractivity contribution < 1.29 is 14.7 Å². The van der Waals surface area contributed by atoms with Gasteiger partial charge in [0.2, 0.25) is 5.91 Å². The second-order valence-electron chi connectivity index (χ2n) is 6.62. The monoisotopic (exact) mass is 389 g/mol. The molecule has 1 amide bonds. The summed E-state index contributed by atoms with van der Waals surface area (Å²) in [7, 11) is 0. The molecule has 0 saturated carbocycles. The van der Waals surface area contributed by atoms with Gasteiger partial charge in [-0.15, -0.1) is 0 Å². The maximum Gasteiger partial charge on any atom is 0.335 e. The van der Waals surface area contributed by atoms with E-state index in [9.17, 15) is 9.59 Å². The number of nitrogens with two attached hydrogens (primary N) is 1. The number of carboxylic acid groups (broad SMARTS) is 1. The lowest BCUT2D eigenvalue weighted by molar-refractivity contribution is -0.117. The van der Waals surface area contributed by atoms with Crippen LogP contribution in [0.25, 0.3) is 22.0 Å². The Morgan fingerprint density at radius 1 is 1.14 bits per heavy atom. The molecule has 2 heterocycles. The molecule has 0 aliphatic rings. The van der Waals surface area contributed by atoms with Gasteiger partial charge in [0.05, 0.1) is 28.9 Å². The highest BCUT2D eigenvalue weighted by molar-refractivity contribution is 6.07. The minimum Gasteiger partial charge on any atom is -0.478 e. The predicted molar refractivity (Wildman–Crippen MR) is 110 cm³/mol. The van der Waals surface area contributed by atoms with Crippen LogP contribution in [0.5, 0.6) is 0 Å². The Hall–Kier alpha value is -3.91. The highest BCUT2D eigenvalue weighted by Crippen LogP contribution is 2.32. The van der Waals surface area contributed by atoms with Gasteiger partial charge >= 0.3 is 5.97 Å². The third-order valence-electron chi connectivity index (χ3n) is 4.89. The van der Waals surface area contributed by atoms with Crippen LogP contribution in [0.2, 0.25) is 0 Å². The molecule has 0 aliphatic carbocycles. The van der Waals surface area contributed by atoms with Crippen molar-refractivity contribution >= 4 is 28.5 Å². The first-order chi connectivity index (χ1) is 14.1. The van der Waals surface area contributed by atoms with E-state index < -0.39 is 11.9 Å². The van der Waals surface area contributed by atoms with Crippen LogP contribution in [0.15, 0.2) is 61.1 Å². The van der Waals surface area contributed by atoms with Crippen LogP contribution in [0.3, 0.4) is 0 Å². The van der Waals surface area contributed by atoms with Crippen molar-refractivity contribution in [3.8, 4) is 11.1 Å². The van der Waals surface area contributed by atoms with Gasteiger partial charge in [-0.1, -0.05) is 24.3 Å². The number of hydrogen-bond acceptors (Lipinski definition) is 4. The van der Waals surface area contributed by atoms with E-state index in [2.05, 4.69) is 20.5 Å². The van der Waals surface area contributed by atoms with Crippen LogP contribution >= 0.6 is 0 Å². The van der Waals surface area contributed by atoms with Gasteiger partial charge in [-0.25, -0.2) is 4.79 Å². The summed E-state index contributed by atoms with van der Waals surface area (Å²) < 4.78 is 0. The molecule has 0 fully saturated rings. The number of aromatic amines is 2. The highest BCUT2D eigenvalue weighted by Gasteiger charge is 2.21. The molecule has 146 valence electrons. The number of carbonyl (C=O) groups excluding carboxylic acids is 1. The van der Waals surface area contributed by atoms with Crippen molar-refractivity contribution in [2.24, 2.45) is 5.73 Å². The second-order valence-corrected chi connectivity index (χ2v) is 6.62. The highest BCUT2D eigenvalue weighted by atomic mass is 16.4. The number of carbonyl (C=O) groups is 2. The SMILES string of the molecule is NCC(C(=O)Nc1cccc2c(-c3cn[nH]c3)c[nH]c12)c1ccc(C(=O)O)cc1. The summed E-state index contributed by atoms with van der Waals surface area (Å²) in [6.07, 6.45) is 5.41. The maximum absolute atomic E-state index is 12.9. The first kappa shape index (κ1) is 18.5. The Morgan fingerprint density at radius 3 is 2.59 bits per heavy atom. The molecule has 4 rings (SSSR count). The minimum atomic E-state index is -1.02. The lowest BCUT2D eigenvalue weighted by atomic mass is 9.97. The van der Waals surface area contributed by atoms with Crippen molar-refractivity contribution in [1.29, 1.82) is 0 Å². The van der Waals surface area contributed by atoms with E-state index in [1.54, 1.807) is 24.5 Å². The molecular formula is C21H19N5O3. The second kappa shape index (κ2) is 7.61. The molecule has 2 aromatic carbocycles. The zero-order chi connectivity index (χ0) is 20.4. The summed E-state index contributed by atoms with van der Waals surface area (Å²) in [6, 6.07) is 11.8. The van der Waals surface area contributed by atoms with Gasteiger partial charge < -0.3 is 21.1 Å². The Bertz CT molecular complexity index is 1160. The molecule has 29 heavy (non-hydrogen) atoms. The lowest BCUT2D eigenvalue weighted by Gasteiger charge is -2.16. The van der Waals surface area contributed by atoms with Crippen LogP contribution < -0.4 is 11.1 Å². The number of H-pyrrole nitrogens is 2. The largest absolute Gasteiger partial charge is 0.478 e. The van der Waals surface area contributed by atoms with Crippen molar-refractivity contribution in [3.63, 3.8) is 0 Å². The van der Waals surface area contributed by atoms with Gasteiger partial charge in [0.1, 0.15) is 0 Å². The van der Waals surface area contributed by atoms with Crippen LogP contribution in [0.4, 0.5) is 5.69 Å². The van der Waals surface area contributed by atoms with E-state index in [-0.39, 0.29) is 18.0 Å². The average Bonchev–Trinajstić information content (AvgIpc) is 3.39. The number of nitrogens with one attached hydrogen (secondary N) is 3. The number of para-hydroxylation sites is 1. The van der Waals surface area contributed by atoms with E-state index >= 15 is 0 Å². The number of anilines is 1. The molecule has 2 aromatic heterocycles. The normalized spacial score (nSPS) is 12.0. The molecule has 1 unspecified atom stereocenters. The topological polar surface area (TPSA) is 137 Å². The van der Waals surface area contributed by atoms with E-state index in [0.717, 1.165) is 22.0 Å². The van der Waals surface area contributed by atoms with E-state index in [0.29, 0.717) is 11.3 Å². The van der Waals surface area contributed by atoms with Crippen LogP contribution in [-0.2, 0) is 4.79 Å². The molecule has 6 N–H and O–H groups in total. The predicted octanol–water partition coefficient (Wildman–Crippen LogP) is 2.94. The van der Waals surface area contributed by atoms with Crippen LogP contribution in [0.1, 0.15) is 21.8 Å². The first-order valence-electron chi connectivity index (χ1n) is 9.02. The number of aromatic nitrogens is 3. The van der Waals surface area contributed by atoms with E-state index in [4.69, 9.17) is 10.8 Å². The summed E-state index contributed by atoms with van der Waals surface area (Å²) in [5, 5.41) is 19.7. The summed E-state index contributed by atoms with van der Waals surface area (Å²) in [5.74, 6) is -1.88. The maximum atomic E-state index is 12.9. The fraction of sp³-hybridized carbons (Fsp3) is 0.0952. The zero-order valence-corrected chi connectivity index (χ0v) is 15.3. The summed E-state index contributed by atoms with van der Waals surface area (Å²) in [4.78, 5) is 27.1. The molecule has 0 saturated heterocycles. The molecule has 8 heteroatoms. The minimum absolute atomic E-state index is 0.0965. The van der Waals surface area contributed by atoms with Crippen LogP contribution in [0, 0.1) is 0 Å². The lowest BCUT2D eigenvalue weighted by Crippen LogP contribution is -2.27. The van der Waals surface area contributed by atoms with E-state index in [1.165, 1.54) is 12.1 Å². The molecule has 0 aliphatic heterocycles. The summed E-state index contributed by atoms with van der Waals surface area (Å²) in [5.41, 5.74) is 10.0. The quantitative estimate of drug-likeness (QED) is 0.345. The zero-order valence-electron chi connectivity index (χ0n) is 15.3. The number of benzene rings is 2. The number of amides is 1. The number of nitrogens with zero attached hydrogens (tertiary/aromatic N) is 1. The molecule has 0 radical (unpaired) electrons. The Balaban J connectivity index is 1.61. The van der Waals surface area contributed by atoms with Gasteiger partial charge in [0.15, 0.2) is 0 Å². The Morgan fingerprint density at radius 2 is 1.93 bits per heavy atom. The van der Waals surface area contributed by atoms with Crippen molar-refractivity contribution in [3.05, 3.63) is 72.2 Å². The first-order valence-corrected chi connectivity index (χ1v) is 9.02. The number of fused-ring (bicyclic) bond motifs is 1. The number of rotatable bonds is 6. The fourth-order valence-corrected chi connectivity index (χ4v) is 3.37. The van der Waals surface area contributed by atoms with E-state index in [1.807, 2.05) is 24.4 Å². The standard InChI is InChI=1S/C21H19N5O3/c22-8-16(12-4-6-13(7-5-12)21(28)29)20(27)26-18-3-1-2-15-17(11-23-19(15)18)14-9-24-25-10-14/h1-7,9-11,16,23H,8,22H2,(H,24,25)(H,26,27)(H,28,29). The average molecular weight is 389 g/mol. The van der Waals surface area contributed by atoms with Gasteiger partial charge in [0, 0.05) is 35.5 Å². The molecule has 1 atom stereocenters. The third kappa shape index (κ3) is 3.48. The van der Waals surface area contributed by atoms with Gasteiger partial charge in [0.25, 0.3) is 0 Å². The smallest absolute Gasteiger partial charge is 0.335 e. The summed E-state index contributed by atoms with van der Waals surface area (Å²) in [6.45, 7) is 0.0965.